The van der Waals surface area contributed by atoms with Crippen molar-refractivity contribution >= 4 is 27.0 Å². The summed E-state index contributed by atoms with van der Waals surface area (Å²) in [4.78, 5) is 4.80. The lowest BCUT2D eigenvalue weighted by Gasteiger charge is -2.00. The zero-order valence-corrected chi connectivity index (χ0v) is 12.7. The van der Waals surface area contributed by atoms with Gasteiger partial charge in [-0.25, -0.2) is 13.4 Å². The van der Waals surface area contributed by atoms with Crippen molar-refractivity contribution < 1.29 is 8.42 Å². The quantitative estimate of drug-likeness (QED) is 0.770. The summed E-state index contributed by atoms with van der Waals surface area (Å²) in [7, 11) is -3.18. The third-order valence-electron chi connectivity index (χ3n) is 2.98. The average Bonchev–Trinajstić information content (AvgIpc) is 3.06. The first-order chi connectivity index (χ1) is 9.95. The topological polar surface area (TPSA) is 102 Å². The van der Waals surface area contributed by atoms with E-state index in [1.54, 1.807) is 30.5 Å². The fraction of sp³-hybridized carbons (Fsp3) is 0.0769. The van der Waals surface area contributed by atoms with Gasteiger partial charge in [-0.2, -0.15) is 5.10 Å². The van der Waals surface area contributed by atoms with Gasteiger partial charge >= 0.3 is 0 Å². The molecule has 0 spiro atoms. The van der Waals surface area contributed by atoms with E-state index >= 15 is 0 Å². The van der Waals surface area contributed by atoms with Crippen LogP contribution in [0.25, 0.3) is 21.8 Å². The van der Waals surface area contributed by atoms with Crippen LogP contribution in [0.3, 0.4) is 0 Å². The molecule has 0 saturated carbocycles. The fourth-order valence-corrected chi connectivity index (χ4v) is 3.35. The van der Waals surface area contributed by atoms with E-state index in [1.165, 1.54) is 17.6 Å². The molecule has 21 heavy (non-hydrogen) atoms. The van der Waals surface area contributed by atoms with Crippen molar-refractivity contribution in [2.24, 2.45) is 0 Å². The van der Waals surface area contributed by atoms with Crippen LogP contribution in [-0.4, -0.2) is 29.9 Å². The Morgan fingerprint density at radius 3 is 2.52 bits per heavy atom. The maximum absolute atomic E-state index is 11.4. The summed E-state index contributed by atoms with van der Waals surface area (Å²) in [5.41, 5.74) is 8.16. The van der Waals surface area contributed by atoms with Crippen LogP contribution < -0.4 is 5.73 Å². The SMILES string of the molecule is CS(=O)(=O)c1ccc(-c2csc(-c3cn[nH]c3N)n2)cc1. The van der Waals surface area contributed by atoms with E-state index in [-0.39, 0.29) is 0 Å². The van der Waals surface area contributed by atoms with Gasteiger partial charge in [-0.05, 0) is 12.1 Å². The van der Waals surface area contributed by atoms with Gasteiger partial charge < -0.3 is 5.73 Å². The Balaban J connectivity index is 1.95. The number of sulfone groups is 1. The van der Waals surface area contributed by atoms with Crippen LogP contribution >= 0.6 is 11.3 Å². The van der Waals surface area contributed by atoms with Crippen LogP contribution in [0.1, 0.15) is 0 Å². The van der Waals surface area contributed by atoms with Gasteiger partial charge in [0, 0.05) is 17.2 Å². The maximum atomic E-state index is 11.4. The predicted molar refractivity (Wildman–Crippen MR) is 82.7 cm³/mol. The Labute approximate surface area is 125 Å². The second-order valence-corrected chi connectivity index (χ2v) is 7.41. The molecule has 0 aliphatic rings. The molecule has 3 N–H and O–H groups in total. The number of hydrogen-bond acceptors (Lipinski definition) is 6. The Morgan fingerprint density at radius 1 is 1.24 bits per heavy atom. The molecular weight excluding hydrogens is 308 g/mol. The van der Waals surface area contributed by atoms with E-state index in [0.717, 1.165) is 21.8 Å². The molecule has 0 unspecified atom stereocenters. The zero-order valence-electron chi connectivity index (χ0n) is 11.1. The third-order valence-corrected chi connectivity index (χ3v) is 4.99. The second kappa shape index (κ2) is 4.97. The van der Waals surface area contributed by atoms with Crippen molar-refractivity contribution in [3.8, 4) is 21.8 Å². The standard InChI is InChI=1S/C13H12N4O2S2/c1-21(18,19)9-4-2-8(3-5-9)11-7-20-13(16-11)10-6-15-17-12(10)14/h2-7H,1H3,(H3,14,15,17). The van der Waals surface area contributed by atoms with Crippen molar-refractivity contribution in [2.45, 2.75) is 4.90 Å². The average molecular weight is 320 g/mol. The fourth-order valence-electron chi connectivity index (χ4n) is 1.87. The van der Waals surface area contributed by atoms with E-state index in [9.17, 15) is 8.42 Å². The molecule has 8 heteroatoms. The number of nitrogens with zero attached hydrogens (tertiary/aromatic N) is 2. The summed E-state index contributed by atoms with van der Waals surface area (Å²) in [6.07, 6.45) is 2.81. The number of aromatic amines is 1. The van der Waals surface area contributed by atoms with Gasteiger partial charge in [-0.1, -0.05) is 12.1 Å². The minimum Gasteiger partial charge on any atom is -0.383 e. The number of hydrogen-bond donors (Lipinski definition) is 2. The highest BCUT2D eigenvalue weighted by Gasteiger charge is 2.12. The van der Waals surface area contributed by atoms with Crippen LogP contribution in [0, 0.1) is 0 Å². The van der Waals surface area contributed by atoms with Crippen molar-refractivity contribution in [3.63, 3.8) is 0 Å². The van der Waals surface area contributed by atoms with Gasteiger partial charge in [0.2, 0.25) is 0 Å². The summed E-state index contributed by atoms with van der Waals surface area (Å²) in [6.45, 7) is 0. The lowest BCUT2D eigenvalue weighted by molar-refractivity contribution is 0.602. The highest BCUT2D eigenvalue weighted by molar-refractivity contribution is 7.90. The number of thiazole rings is 1. The number of rotatable bonds is 3. The molecule has 0 amide bonds. The largest absolute Gasteiger partial charge is 0.383 e. The molecule has 0 radical (unpaired) electrons. The van der Waals surface area contributed by atoms with E-state index in [1.807, 2.05) is 5.38 Å². The maximum Gasteiger partial charge on any atom is 0.175 e. The van der Waals surface area contributed by atoms with Gasteiger partial charge in [0.1, 0.15) is 10.8 Å². The third kappa shape index (κ3) is 2.67. The Morgan fingerprint density at radius 2 is 1.95 bits per heavy atom. The first kappa shape index (κ1) is 13.8. The molecule has 0 atom stereocenters. The zero-order chi connectivity index (χ0) is 15.0. The summed E-state index contributed by atoms with van der Waals surface area (Å²) in [6, 6.07) is 6.65. The van der Waals surface area contributed by atoms with Crippen LogP contribution in [0.4, 0.5) is 5.82 Å². The molecule has 0 saturated heterocycles. The van der Waals surface area contributed by atoms with Crippen LogP contribution in [0.5, 0.6) is 0 Å². The minimum atomic E-state index is -3.18. The van der Waals surface area contributed by atoms with Gasteiger partial charge in [0.05, 0.1) is 22.3 Å². The van der Waals surface area contributed by atoms with Crippen LogP contribution in [0.2, 0.25) is 0 Å². The lowest BCUT2D eigenvalue weighted by Crippen LogP contribution is -1.96. The second-order valence-electron chi connectivity index (χ2n) is 4.53. The van der Waals surface area contributed by atoms with Gasteiger partial charge in [-0.15, -0.1) is 11.3 Å². The number of benzene rings is 1. The molecule has 1 aromatic carbocycles. The van der Waals surface area contributed by atoms with Crippen molar-refractivity contribution in [2.75, 3.05) is 12.0 Å². The molecule has 108 valence electrons. The highest BCUT2D eigenvalue weighted by Crippen LogP contribution is 2.31. The molecular formula is C13H12N4O2S2. The molecule has 2 heterocycles. The van der Waals surface area contributed by atoms with Gasteiger partial charge in [0.25, 0.3) is 0 Å². The molecule has 0 fully saturated rings. The van der Waals surface area contributed by atoms with Crippen molar-refractivity contribution in [1.82, 2.24) is 15.2 Å². The predicted octanol–water partition coefficient (Wildman–Crippen LogP) is 2.19. The van der Waals surface area contributed by atoms with Crippen LogP contribution in [-0.2, 0) is 9.84 Å². The molecule has 0 aliphatic carbocycles. The van der Waals surface area contributed by atoms with E-state index in [2.05, 4.69) is 15.2 Å². The first-order valence-electron chi connectivity index (χ1n) is 6.00. The molecule has 2 aromatic heterocycles. The summed E-state index contributed by atoms with van der Waals surface area (Å²) in [5, 5.41) is 9.20. The number of nitrogens with one attached hydrogen (secondary N) is 1. The Kier molecular flexibility index (Phi) is 3.26. The number of aromatic nitrogens is 3. The molecule has 3 aromatic rings. The normalized spacial score (nSPS) is 11.7. The Hall–Kier alpha value is -2.19. The number of nitrogens with two attached hydrogens (primary N) is 1. The summed E-state index contributed by atoms with van der Waals surface area (Å²) >= 11 is 1.46. The van der Waals surface area contributed by atoms with Crippen molar-refractivity contribution in [3.05, 3.63) is 35.8 Å². The summed E-state index contributed by atoms with van der Waals surface area (Å²) in [5.74, 6) is 0.475. The Bertz CT molecular complexity index is 879. The van der Waals surface area contributed by atoms with E-state index in [0.29, 0.717) is 10.7 Å². The van der Waals surface area contributed by atoms with Gasteiger partial charge in [0.15, 0.2) is 9.84 Å². The molecule has 3 rings (SSSR count). The van der Waals surface area contributed by atoms with E-state index < -0.39 is 9.84 Å². The van der Waals surface area contributed by atoms with Gasteiger partial charge in [-0.3, -0.25) is 5.10 Å². The number of anilines is 1. The van der Waals surface area contributed by atoms with Crippen LogP contribution in [0.15, 0.2) is 40.7 Å². The summed E-state index contributed by atoms with van der Waals surface area (Å²) < 4.78 is 22.9. The van der Waals surface area contributed by atoms with Crippen molar-refractivity contribution in [1.29, 1.82) is 0 Å². The lowest BCUT2D eigenvalue weighted by atomic mass is 10.2. The highest BCUT2D eigenvalue weighted by atomic mass is 32.2. The smallest absolute Gasteiger partial charge is 0.175 e. The van der Waals surface area contributed by atoms with E-state index in [4.69, 9.17) is 5.73 Å². The number of nitrogen functional groups attached to an aromatic ring is 1. The molecule has 0 aliphatic heterocycles. The molecule has 6 nitrogen and oxygen atoms in total. The monoisotopic (exact) mass is 320 g/mol. The number of H-pyrrole nitrogens is 1. The minimum absolute atomic E-state index is 0.292. The first-order valence-corrected chi connectivity index (χ1v) is 8.77. The molecule has 0 bridgehead atoms.